The largest absolute Gasteiger partial charge is 0.398 e. The quantitative estimate of drug-likeness (QED) is 0.624. The highest BCUT2D eigenvalue weighted by molar-refractivity contribution is 5.56. The fourth-order valence-electron chi connectivity index (χ4n) is 1.12. The van der Waals surface area contributed by atoms with E-state index < -0.39 is 22.9 Å². The molecule has 16 heavy (non-hydrogen) atoms. The molecule has 1 heterocycles. The first kappa shape index (κ1) is 11.8. The third-order valence-electron chi connectivity index (χ3n) is 1.81. The first-order valence-electron chi connectivity index (χ1n) is 4.06. The highest BCUT2D eigenvalue weighted by atomic mass is 19.3. The van der Waals surface area contributed by atoms with Crippen molar-refractivity contribution in [2.24, 2.45) is 0 Å². The number of aromatic nitrogens is 1. The molecule has 0 aromatic carbocycles. The molecular formula is C8H6F2N4O2. The summed E-state index contributed by atoms with van der Waals surface area (Å²) in [6.07, 6.45) is -3.30. The van der Waals surface area contributed by atoms with Crippen LogP contribution < -0.4 is 5.73 Å². The summed E-state index contributed by atoms with van der Waals surface area (Å²) in [5.74, 6) is -0.795. The van der Waals surface area contributed by atoms with Gasteiger partial charge in [-0.15, -0.1) is 0 Å². The lowest BCUT2D eigenvalue weighted by atomic mass is 10.1. The van der Waals surface area contributed by atoms with Gasteiger partial charge in [0.15, 0.2) is 0 Å². The Labute approximate surface area is 88.5 Å². The van der Waals surface area contributed by atoms with Crippen LogP contribution in [0.5, 0.6) is 0 Å². The second kappa shape index (κ2) is 4.48. The number of hydrogen-bond acceptors (Lipinski definition) is 5. The van der Waals surface area contributed by atoms with Crippen LogP contribution in [0.15, 0.2) is 6.07 Å². The van der Waals surface area contributed by atoms with Gasteiger partial charge in [-0.3, -0.25) is 0 Å². The van der Waals surface area contributed by atoms with Gasteiger partial charge in [0.1, 0.15) is 0 Å². The topological polar surface area (TPSA) is 106 Å². The van der Waals surface area contributed by atoms with Crippen molar-refractivity contribution in [1.82, 2.24) is 4.98 Å². The van der Waals surface area contributed by atoms with Crippen LogP contribution in [-0.4, -0.2) is 9.91 Å². The van der Waals surface area contributed by atoms with Crippen molar-refractivity contribution in [3.8, 4) is 6.07 Å². The minimum absolute atomic E-state index is 0.142. The zero-order valence-electron chi connectivity index (χ0n) is 7.85. The van der Waals surface area contributed by atoms with Gasteiger partial charge in [-0.1, -0.05) is 0 Å². The standard InChI is InChI=1S/C8H6F2N4O2/c9-7(10)6-3-5(12)4(1-2-11)8(13-6)14(15)16/h3,7H,1H2,(H2,12,13). The molecule has 0 aliphatic rings. The molecule has 0 amide bonds. The minimum atomic E-state index is -2.95. The Morgan fingerprint density at radius 2 is 2.31 bits per heavy atom. The first-order chi connectivity index (χ1) is 7.47. The molecule has 1 aromatic rings. The number of nitrogens with zero attached hydrogens (tertiary/aromatic N) is 3. The number of nitriles is 1. The van der Waals surface area contributed by atoms with Crippen molar-refractivity contribution in [2.45, 2.75) is 12.8 Å². The van der Waals surface area contributed by atoms with E-state index in [1.54, 1.807) is 6.07 Å². The number of nitrogen functional groups attached to an aromatic ring is 1. The molecule has 0 spiro atoms. The van der Waals surface area contributed by atoms with E-state index in [0.29, 0.717) is 0 Å². The molecule has 2 N–H and O–H groups in total. The Hall–Kier alpha value is -2.30. The van der Waals surface area contributed by atoms with Crippen LogP contribution in [0.1, 0.15) is 17.7 Å². The van der Waals surface area contributed by atoms with Gasteiger partial charge in [0, 0.05) is 11.8 Å². The third-order valence-corrected chi connectivity index (χ3v) is 1.81. The van der Waals surface area contributed by atoms with Crippen LogP contribution in [-0.2, 0) is 6.42 Å². The molecule has 0 saturated carbocycles. The van der Waals surface area contributed by atoms with Crippen molar-refractivity contribution in [2.75, 3.05) is 5.73 Å². The van der Waals surface area contributed by atoms with Gasteiger partial charge < -0.3 is 15.8 Å². The SMILES string of the molecule is N#CCc1c(N)cc(C(F)F)nc1[N+](=O)[O-]. The predicted molar refractivity (Wildman–Crippen MR) is 49.6 cm³/mol. The molecule has 0 saturated heterocycles. The molecule has 1 aromatic heterocycles. The lowest BCUT2D eigenvalue weighted by Gasteiger charge is -2.03. The Morgan fingerprint density at radius 1 is 1.69 bits per heavy atom. The molecule has 0 radical (unpaired) electrons. The number of alkyl halides is 2. The summed E-state index contributed by atoms with van der Waals surface area (Å²) in [6, 6.07) is 2.49. The van der Waals surface area contributed by atoms with E-state index in [4.69, 9.17) is 11.0 Å². The number of pyridine rings is 1. The van der Waals surface area contributed by atoms with E-state index in [-0.39, 0.29) is 17.7 Å². The third kappa shape index (κ3) is 2.20. The van der Waals surface area contributed by atoms with Crippen molar-refractivity contribution in [3.63, 3.8) is 0 Å². The number of hydrogen-bond donors (Lipinski definition) is 1. The maximum Gasteiger partial charge on any atom is 0.370 e. The molecule has 0 fully saturated rings. The smallest absolute Gasteiger partial charge is 0.370 e. The normalized spacial score (nSPS) is 10.1. The highest BCUT2D eigenvalue weighted by Crippen LogP contribution is 2.28. The lowest BCUT2D eigenvalue weighted by molar-refractivity contribution is -0.390. The molecule has 0 aliphatic carbocycles. The molecule has 6 nitrogen and oxygen atoms in total. The van der Waals surface area contributed by atoms with Gasteiger partial charge in [-0.05, 0) is 9.91 Å². The zero-order valence-corrected chi connectivity index (χ0v) is 7.85. The lowest BCUT2D eigenvalue weighted by Crippen LogP contribution is -2.06. The fraction of sp³-hybridized carbons (Fsp3) is 0.250. The van der Waals surface area contributed by atoms with Crippen molar-refractivity contribution in [3.05, 3.63) is 27.4 Å². The average Bonchev–Trinajstić information content (AvgIpc) is 2.20. The molecule has 0 unspecified atom stereocenters. The molecule has 0 atom stereocenters. The van der Waals surface area contributed by atoms with Gasteiger partial charge in [-0.25, -0.2) is 8.78 Å². The summed E-state index contributed by atoms with van der Waals surface area (Å²) in [5, 5.41) is 19.0. The van der Waals surface area contributed by atoms with E-state index in [9.17, 15) is 18.9 Å². The van der Waals surface area contributed by atoms with Crippen LogP contribution in [0.25, 0.3) is 0 Å². The highest BCUT2D eigenvalue weighted by Gasteiger charge is 2.25. The summed E-state index contributed by atoms with van der Waals surface area (Å²) in [5.41, 5.74) is 4.22. The van der Waals surface area contributed by atoms with E-state index in [0.717, 1.165) is 6.07 Å². The van der Waals surface area contributed by atoms with Crippen molar-refractivity contribution < 1.29 is 13.7 Å². The van der Waals surface area contributed by atoms with Gasteiger partial charge in [0.2, 0.25) is 5.69 Å². The molecule has 0 bridgehead atoms. The van der Waals surface area contributed by atoms with E-state index in [1.807, 2.05) is 0 Å². The molecule has 1 rings (SSSR count). The number of anilines is 1. The molecule has 84 valence electrons. The van der Waals surface area contributed by atoms with Gasteiger partial charge in [0.25, 0.3) is 0 Å². The monoisotopic (exact) mass is 228 g/mol. The predicted octanol–water partition coefficient (Wildman–Crippen LogP) is 1.58. The zero-order chi connectivity index (χ0) is 12.3. The maximum absolute atomic E-state index is 12.3. The van der Waals surface area contributed by atoms with Crippen LogP contribution >= 0.6 is 0 Å². The average molecular weight is 228 g/mol. The number of nitro groups is 1. The van der Waals surface area contributed by atoms with Crippen LogP contribution in [0.3, 0.4) is 0 Å². The minimum Gasteiger partial charge on any atom is -0.398 e. The van der Waals surface area contributed by atoms with Crippen LogP contribution in [0.2, 0.25) is 0 Å². The summed E-state index contributed by atoms with van der Waals surface area (Å²) in [6.45, 7) is 0. The summed E-state index contributed by atoms with van der Waals surface area (Å²) >= 11 is 0. The van der Waals surface area contributed by atoms with Crippen LogP contribution in [0.4, 0.5) is 20.3 Å². The van der Waals surface area contributed by atoms with Gasteiger partial charge >= 0.3 is 12.2 Å². The summed E-state index contributed by atoms with van der Waals surface area (Å²) in [7, 11) is 0. The number of rotatable bonds is 3. The van der Waals surface area contributed by atoms with E-state index >= 15 is 0 Å². The first-order valence-corrected chi connectivity index (χ1v) is 4.06. The van der Waals surface area contributed by atoms with Gasteiger partial charge in [0.05, 0.1) is 18.1 Å². The van der Waals surface area contributed by atoms with E-state index in [2.05, 4.69) is 4.98 Å². The molecule has 0 aliphatic heterocycles. The van der Waals surface area contributed by atoms with Crippen LogP contribution in [0, 0.1) is 21.4 Å². The summed E-state index contributed by atoms with van der Waals surface area (Å²) in [4.78, 5) is 12.8. The van der Waals surface area contributed by atoms with E-state index in [1.165, 1.54) is 0 Å². The summed E-state index contributed by atoms with van der Waals surface area (Å²) < 4.78 is 24.6. The Balaban J connectivity index is 3.40. The molecule has 8 heteroatoms. The second-order valence-electron chi connectivity index (χ2n) is 2.83. The number of halogens is 2. The maximum atomic E-state index is 12.3. The van der Waals surface area contributed by atoms with Crippen molar-refractivity contribution in [1.29, 1.82) is 5.26 Å². The van der Waals surface area contributed by atoms with Gasteiger partial charge in [-0.2, -0.15) is 5.26 Å². The Bertz CT molecular complexity index is 470. The fourth-order valence-corrected chi connectivity index (χ4v) is 1.12. The molecular weight excluding hydrogens is 222 g/mol. The van der Waals surface area contributed by atoms with Crippen molar-refractivity contribution >= 4 is 11.5 Å². The number of nitrogens with two attached hydrogens (primary N) is 1. The Morgan fingerprint density at radius 3 is 2.75 bits per heavy atom. The Kier molecular flexibility index (Phi) is 3.30. The second-order valence-corrected chi connectivity index (χ2v) is 2.83.